The summed E-state index contributed by atoms with van der Waals surface area (Å²) in [5, 5.41) is 20.0. The number of non-ortho nitro benzene ring substituents is 1. The van der Waals surface area contributed by atoms with Gasteiger partial charge in [-0.25, -0.2) is 4.79 Å². The predicted octanol–water partition coefficient (Wildman–Crippen LogP) is 3.20. The number of aryl methyl sites for hydroxylation is 1. The third-order valence-electron chi connectivity index (χ3n) is 3.61. The molecule has 8 nitrogen and oxygen atoms in total. The van der Waals surface area contributed by atoms with Crippen molar-refractivity contribution in [2.75, 3.05) is 14.2 Å². The first kappa shape index (κ1) is 18.1. The summed E-state index contributed by atoms with van der Waals surface area (Å²) in [5.74, 6) is -0.417. The van der Waals surface area contributed by atoms with Gasteiger partial charge in [0.25, 0.3) is 5.69 Å². The molecule has 1 N–H and O–H groups in total. The van der Waals surface area contributed by atoms with Crippen molar-refractivity contribution < 1.29 is 29.0 Å². The van der Waals surface area contributed by atoms with E-state index in [1.54, 1.807) is 13.0 Å². The van der Waals surface area contributed by atoms with E-state index < -0.39 is 10.9 Å². The zero-order chi connectivity index (χ0) is 18.6. The monoisotopic (exact) mass is 347 g/mol. The van der Waals surface area contributed by atoms with Gasteiger partial charge in [0.05, 0.1) is 24.7 Å². The molecule has 2 aromatic carbocycles. The van der Waals surface area contributed by atoms with Crippen LogP contribution in [-0.2, 0) is 6.61 Å². The van der Waals surface area contributed by atoms with E-state index in [9.17, 15) is 20.0 Å². The van der Waals surface area contributed by atoms with E-state index in [-0.39, 0.29) is 35.1 Å². The molecule has 0 aromatic heterocycles. The Labute approximate surface area is 143 Å². The number of hydrogen-bond donors (Lipinski definition) is 1. The highest BCUT2D eigenvalue weighted by atomic mass is 16.6. The van der Waals surface area contributed by atoms with Crippen LogP contribution in [0.5, 0.6) is 17.2 Å². The highest BCUT2D eigenvalue weighted by molar-refractivity contribution is 5.89. The standard InChI is InChI=1S/C17H17NO7/c1-10-6-13(18(21)22)5-4-11(10)9-25-15-8-12(17(19)20)7-14(23-2)16(15)24-3/h4-8H,9H2,1-3H3,(H,19,20). The summed E-state index contributed by atoms with van der Waals surface area (Å²) in [6.45, 7) is 1.82. The first-order chi connectivity index (χ1) is 11.9. The molecular weight excluding hydrogens is 330 g/mol. The van der Waals surface area contributed by atoms with Gasteiger partial charge in [0.1, 0.15) is 6.61 Å². The quantitative estimate of drug-likeness (QED) is 0.605. The second-order valence-corrected chi connectivity index (χ2v) is 5.17. The number of carboxylic acids is 1. The van der Waals surface area contributed by atoms with Crippen molar-refractivity contribution in [2.24, 2.45) is 0 Å². The average molecular weight is 347 g/mol. The first-order valence-electron chi connectivity index (χ1n) is 7.23. The molecule has 0 aliphatic heterocycles. The van der Waals surface area contributed by atoms with Crippen molar-refractivity contribution in [1.82, 2.24) is 0 Å². The molecule has 0 radical (unpaired) electrons. The van der Waals surface area contributed by atoms with Crippen molar-refractivity contribution in [3.8, 4) is 17.2 Å². The molecule has 132 valence electrons. The van der Waals surface area contributed by atoms with Crippen LogP contribution in [0.25, 0.3) is 0 Å². The second-order valence-electron chi connectivity index (χ2n) is 5.17. The highest BCUT2D eigenvalue weighted by Crippen LogP contribution is 2.39. The molecule has 25 heavy (non-hydrogen) atoms. The number of rotatable bonds is 7. The third kappa shape index (κ3) is 3.97. The topological polar surface area (TPSA) is 108 Å². The van der Waals surface area contributed by atoms with E-state index in [4.69, 9.17) is 14.2 Å². The lowest BCUT2D eigenvalue weighted by atomic mass is 10.1. The van der Waals surface area contributed by atoms with E-state index in [2.05, 4.69) is 0 Å². The van der Waals surface area contributed by atoms with Gasteiger partial charge in [0.2, 0.25) is 5.75 Å². The zero-order valence-corrected chi connectivity index (χ0v) is 13.9. The third-order valence-corrected chi connectivity index (χ3v) is 3.61. The van der Waals surface area contributed by atoms with Gasteiger partial charge in [-0.3, -0.25) is 10.1 Å². The Morgan fingerprint density at radius 2 is 1.84 bits per heavy atom. The Morgan fingerprint density at radius 1 is 1.16 bits per heavy atom. The van der Waals surface area contributed by atoms with Crippen LogP contribution in [-0.4, -0.2) is 30.2 Å². The van der Waals surface area contributed by atoms with Crippen LogP contribution >= 0.6 is 0 Å². The van der Waals surface area contributed by atoms with E-state index in [1.165, 1.54) is 38.5 Å². The summed E-state index contributed by atoms with van der Waals surface area (Å²) >= 11 is 0. The van der Waals surface area contributed by atoms with Crippen molar-refractivity contribution in [3.05, 3.63) is 57.1 Å². The van der Waals surface area contributed by atoms with E-state index >= 15 is 0 Å². The van der Waals surface area contributed by atoms with Gasteiger partial charge in [-0.05, 0) is 36.2 Å². The lowest BCUT2D eigenvalue weighted by Gasteiger charge is -2.15. The van der Waals surface area contributed by atoms with Crippen molar-refractivity contribution in [2.45, 2.75) is 13.5 Å². The highest BCUT2D eigenvalue weighted by Gasteiger charge is 2.17. The SMILES string of the molecule is COc1cc(C(=O)O)cc(OCc2ccc([N+](=O)[O-])cc2C)c1OC. The van der Waals surface area contributed by atoms with Crippen LogP contribution in [0, 0.1) is 17.0 Å². The van der Waals surface area contributed by atoms with E-state index in [1.807, 2.05) is 0 Å². The molecule has 0 fully saturated rings. The molecule has 0 unspecified atom stereocenters. The van der Waals surface area contributed by atoms with Gasteiger partial charge in [0.15, 0.2) is 11.5 Å². The molecule has 2 rings (SSSR count). The molecule has 8 heteroatoms. The normalized spacial score (nSPS) is 10.2. The van der Waals surface area contributed by atoms with Crippen molar-refractivity contribution in [1.29, 1.82) is 0 Å². The van der Waals surface area contributed by atoms with E-state index in [0.717, 1.165) is 5.56 Å². The van der Waals surface area contributed by atoms with Gasteiger partial charge >= 0.3 is 5.97 Å². The van der Waals surface area contributed by atoms with Gasteiger partial charge in [-0.15, -0.1) is 0 Å². The molecule has 0 heterocycles. The molecule has 0 aliphatic carbocycles. The number of ether oxygens (including phenoxy) is 3. The number of hydrogen-bond acceptors (Lipinski definition) is 6. The maximum Gasteiger partial charge on any atom is 0.335 e. The van der Waals surface area contributed by atoms with Crippen LogP contribution in [0.15, 0.2) is 30.3 Å². The molecule has 0 saturated carbocycles. The molecule has 0 aliphatic rings. The number of nitrogens with zero attached hydrogens (tertiary/aromatic N) is 1. The van der Waals surface area contributed by atoms with Gasteiger partial charge in [-0.1, -0.05) is 0 Å². The van der Waals surface area contributed by atoms with Crippen molar-refractivity contribution >= 4 is 11.7 Å². The van der Waals surface area contributed by atoms with E-state index in [0.29, 0.717) is 5.56 Å². The number of carboxylic acid groups (broad SMARTS) is 1. The summed E-state index contributed by atoms with van der Waals surface area (Å²) in [6.07, 6.45) is 0. The molecule has 0 bridgehead atoms. The maximum atomic E-state index is 11.2. The average Bonchev–Trinajstić information content (AvgIpc) is 2.59. The fraction of sp³-hybridized carbons (Fsp3) is 0.235. The second kappa shape index (κ2) is 7.52. The van der Waals surface area contributed by atoms with Gasteiger partial charge < -0.3 is 19.3 Å². The smallest absolute Gasteiger partial charge is 0.335 e. The minimum atomic E-state index is -1.13. The largest absolute Gasteiger partial charge is 0.493 e. The molecule has 2 aromatic rings. The Bertz CT molecular complexity index is 817. The number of aromatic carboxylic acids is 1. The van der Waals surface area contributed by atoms with Gasteiger partial charge in [0, 0.05) is 12.1 Å². The fourth-order valence-electron chi connectivity index (χ4n) is 2.27. The number of nitro groups is 1. The number of nitro benzene ring substituents is 1. The lowest BCUT2D eigenvalue weighted by molar-refractivity contribution is -0.384. The summed E-state index contributed by atoms with van der Waals surface area (Å²) in [6, 6.07) is 7.11. The molecule has 0 spiro atoms. The van der Waals surface area contributed by atoms with Crippen molar-refractivity contribution in [3.63, 3.8) is 0 Å². The summed E-state index contributed by atoms with van der Waals surface area (Å²) in [4.78, 5) is 21.6. The lowest BCUT2D eigenvalue weighted by Crippen LogP contribution is -2.04. The zero-order valence-electron chi connectivity index (χ0n) is 13.9. The number of benzene rings is 2. The number of methoxy groups -OCH3 is 2. The summed E-state index contributed by atoms with van der Waals surface area (Å²) < 4.78 is 16.1. The Kier molecular flexibility index (Phi) is 5.43. The predicted molar refractivity (Wildman–Crippen MR) is 88.7 cm³/mol. The Morgan fingerprint density at radius 3 is 2.36 bits per heavy atom. The van der Waals surface area contributed by atoms with Crippen LogP contribution < -0.4 is 14.2 Å². The minimum Gasteiger partial charge on any atom is -0.493 e. The molecule has 0 atom stereocenters. The Balaban J connectivity index is 2.32. The minimum absolute atomic E-state index is 0.00613. The van der Waals surface area contributed by atoms with Crippen LogP contribution in [0.3, 0.4) is 0 Å². The van der Waals surface area contributed by atoms with Crippen LogP contribution in [0.1, 0.15) is 21.5 Å². The Hall–Kier alpha value is -3.29. The number of carbonyl (C=O) groups is 1. The molecule has 0 amide bonds. The molecular formula is C17H17NO7. The van der Waals surface area contributed by atoms with Crippen LogP contribution in [0.2, 0.25) is 0 Å². The summed E-state index contributed by atoms with van der Waals surface area (Å²) in [5.41, 5.74) is 1.41. The van der Waals surface area contributed by atoms with Crippen LogP contribution in [0.4, 0.5) is 5.69 Å². The molecule has 0 saturated heterocycles. The fourth-order valence-corrected chi connectivity index (χ4v) is 2.27. The van der Waals surface area contributed by atoms with Gasteiger partial charge in [-0.2, -0.15) is 0 Å². The summed E-state index contributed by atoms with van der Waals surface area (Å²) in [7, 11) is 2.82. The first-order valence-corrected chi connectivity index (χ1v) is 7.23. The maximum absolute atomic E-state index is 11.2.